The third-order valence-electron chi connectivity index (χ3n) is 4.20. The van der Waals surface area contributed by atoms with Crippen molar-refractivity contribution < 1.29 is 19.8 Å². The van der Waals surface area contributed by atoms with E-state index in [0.29, 0.717) is 13.1 Å². The van der Waals surface area contributed by atoms with Crippen molar-refractivity contribution in [3.8, 4) is 0 Å². The van der Waals surface area contributed by atoms with Gasteiger partial charge in [-0.15, -0.1) is 0 Å². The van der Waals surface area contributed by atoms with E-state index in [1.165, 1.54) is 0 Å². The molecule has 2 fully saturated rings. The third-order valence-corrected chi connectivity index (χ3v) is 4.20. The lowest BCUT2D eigenvalue weighted by Crippen LogP contribution is -2.56. The molecule has 2 bridgehead atoms. The van der Waals surface area contributed by atoms with E-state index >= 15 is 0 Å². The molecule has 1 saturated carbocycles. The molecule has 2 N–H and O–H groups in total. The Bertz CT molecular complexity index is 399. The number of carbonyl (C=O) groups is 2. The van der Waals surface area contributed by atoms with Gasteiger partial charge in [0.2, 0.25) is 5.91 Å². The Hall–Kier alpha value is -1.36. The molecule has 3 rings (SSSR count). The largest absolute Gasteiger partial charge is 0.481 e. The van der Waals surface area contributed by atoms with Gasteiger partial charge in [0, 0.05) is 13.1 Å². The van der Waals surface area contributed by atoms with Crippen LogP contribution in [0.25, 0.3) is 0 Å². The second-order valence-corrected chi connectivity index (χ2v) is 5.24. The van der Waals surface area contributed by atoms with Gasteiger partial charge in [0.25, 0.3) is 0 Å². The Balaban J connectivity index is 1.79. The van der Waals surface area contributed by atoms with Crippen molar-refractivity contribution in [1.82, 2.24) is 4.90 Å². The Morgan fingerprint density at radius 2 is 1.71 bits per heavy atom. The Morgan fingerprint density at radius 3 is 2.24 bits per heavy atom. The number of aliphatic hydroxyl groups excluding tert-OH is 1. The first-order valence-corrected chi connectivity index (χ1v) is 5.96. The van der Waals surface area contributed by atoms with Gasteiger partial charge < -0.3 is 15.1 Å². The molecule has 4 unspecified atom stereocenters. The first-order chi connectivity index (χ1) is 8.08. The number of carboxylic acids is 1. The van der Waals surface area contributed by atoms with Crippen LogP contribution >= 0.6 is 0 Å². The molecule has 1 saturated heterocycles. The van der Waals surface area contributed by atoms with Gasteiger partial charge in [-0.2, -0.15) is 0 Å². The number of amides is 1. The van der Waals surface area contributed by atoms with Crippen LogP contribution in [0.5, 0.6) is 0 Å². The van der Waals surface area contributed by atoms with Crippen LogP contribution in [-0.4, -0.2) is 46.2 Å². The van der Waals surface area contributed by atoms with E-state index in [-0.39, 0.29) is 17.7 Å². The topological polar surface area (TPSA) is 77.8 Å². The van der Waals surface area contributed by atoms with E-state index in [0.717, 1.165) is 6.42 Å². The van der Waals surface area contributed by atoms with E-state index in [4.69, 9.17) is 0 Å². The molecule has 0 radical (unpaired) electrons. The highest BCUT2D eigenvalue weighted by Gasteiger charge is 2.53. The molecule has 4 atom stereocenters. The van der Waals surface area contributed by atoms with Crippen LogP contribution in [0.3, 0.4) is 0 Å². The van der Waals surface area contributed by atoms with Crippen LogP contribution < -0.4 is 0 Å². The van der Waals surface area contributed by atoms with Gasteiger partial charge in [-0.05, 0) is 18.3 Å². The van der Waals surface area contributed by atoms with Gasteiger partial charge >= 0.3 is 5.97 Å². The van der Waals surface area contributed by atoms with Crippen LogP contribution in [-0.2, 0) is 9.59 Å². The highest BCUT2D eigenvalue weighted by atomic mass is 16.4. The number of rotatable bonds is 2. The molecule has 3 aliphatic rings. The first-order valence-electron chi connectivity index (χ1n) is 5.96. The maximum atomic E-state index is 12.2. The van der Waals surface area contributed by atoms with Gasteiger partial charge in [0.15, 0.2) is 0 Å². The van der Waals surface area contributed by atoms with Crippen molar-refractivity contribution >= 4 is 11.9 Å². The monoisotopic (exact) mass is 237 g/mol. The van der Waals surface area contributed by atoms with E-state index in [1.807, 2.05) is 12.2 Å². The number of fused-ring (bicyclic) bond motifs is 2. The summed E-state index contributed by atoms with van der Waals surface area (Å²) in [6.07, 6.45) is 4.25. The number of carbonyl (C=O) groups excluding carboxylic acids is 1. The summed E-state index contributed by atoms with van der Waals surface area (Å²) >= 11 is 0. The summed E-state index contributed by atoms with van der Waals surface area (Å²) in [6.45, 7) is 0.700. The number of allylic oxidation sites excluding steroid dienone is 2. The van der Waals surface area contributed by atoms with Crippen LogP contribution in [0.1, 0.15) is 6.42 Å². The average molecular weight is 237 g/mol. The van der Waals surface area contributed by atoms with E-state index in [2.05, 4.69) is 0 Å². The van der Waals surface area contributed by atoms with Gasteiger partial charge in [0.05, 0.1) is 17.9 Å². The number of aliphatic carboxylic acids is 1. The van der Waals surface area contributed by atoms with Crippen molar-refractivity contribution in [2.24, 2.45) is 23.7 Å². The number of likely N-dealkylation sites (tertiary alicyclic amines) is 1. The second kappa shape index (κ2) is 3.57. The first kappa shape index (κ1) is 10.8. The van der Waals surface area contributed by atoms with Gasteiger partial charge in [-0.1, -0.05) is 12.2 Å². The molecule has 92 valence electrons. The maximum absolute atomic E-state index is 12.2. The minimum atomic E-state index is -0.874. The maximum Gasteiger partial charge on any atom is 0.307 e. The quantitative estimate of drug-likeness (QED) is 0.647. The smallest absolute Gasteiger partial charge is 0.307 e. The zero-order valence-electron chi connectivity index (χ0n) is 9.32. The van der Waals surface area contributed by atoms with Crippen LogP contribution in [0.2, 0.25) is 0 Å². The molecular weight excluding hydrogens is 222 g/mol. The van der Waals surface area contributed by atoms with Crippen LogP contribution in [0, 0.1) is 23.7 Å². The van der Waals surface area contributed by atoms with Crippen molar-refractivity contribution in [3.05, 3.63) is 12.2 Å². The van der Waals surface area contributed by atoms with E-state index in [1.54, 1.807) is 4.90 Å². The predicted octanol–water partition coefficient (Wildman–Crippen LogP) is -0.288. The summed E-state index contributed by atoms with van der Waals surface area (Å²) in [4.78, 5) is 25.0. The SMILES string of the molecule is O=C(O)C1C2C=CC(C2)C1C(=O)N1CC(O)C1. The number of carboxylic acid groups (broad SMARTS) is 1. The fraction of sp³-hybridized carbons (Fsp3) is 0.667. The molecule has 1 amide bonds. The summed E-state index contributed by atoms with van der Waals surface area (Å²) < 4.78 is 0. The third kappa shape index (κ3) is 1.49. The normalized spacial score (nSPS) is 39.5. The number of β-amino-alcohol motifs (C(OH)–C–C–N with tert-alkyl or cyclic N) is 1. The summed E-state index contributed by atoms with van der Waals surface area (Å²) in [5, 5.41) is 18.4. The molecule has 17 heavy (non-hydrogen) atoms. The fourth-order valence-electron chi connectivity index (χ4n) is 3.34. The van der Waals surface area contributed by atoms with Crippen molar-refractivity contribution in [2.45, 2.75) is 12.5 Å². The van der Waals surface area contributed by atoms with Crippen molar-refractivity contribution in [1.29, 1.82) is 0 Å². The van der Waals surface area contributed by atoms with Crippen LogP contribution in [0.4, 0.5) is 0 Å². The fourth-order valence-corrected chi connectivity index (χ4v) is 3.34. The zero-order chi connectivity index (χ0) is 12.2. The lowest BCUT2D eigenvalue weighted by Gasteiger charge is -2.39. The molecule has 5 heteroatoms. The Kier molecular flexibility index (Phi) is 2.26. The minimum Gasteiger partial charge on any atom is -0.481 e. The predicted molar refractivity (Wildman–Crippen MR) is 57.9 cm³/mol. The lowest BCUT2D eigenvalue weighted by atomic mass is 9.81. The average Bonchev–Trinajstić information content (AvgIpc) is 2.82. The molecule has 1 heterocycles. The van der Waals surface area contributed by atoms with Crippen molar-refractivity contribution in [2.75, 3.05) is 13.1 Å². The summed E-state index contributed by atoms with van der Waals surface area (Å²) in [5.74, 6) is -1.88. The van der Waals surface area contributed by atoms with Crippen LogP contribution in [0.15, 0.2) is 12.2 Å². The number of hydrogen-bond acceptors (Lipinski definition) is 3. The highest BCUT2D eigenvalue weighted by molar-refractivity contribution is 5.87. The van der Waals surface area contributed by atoms with E-state index in [9.17, 15) is 19.8 Å². The highest BCUT2D eigenvalue weighted by Crippen LogP contribution is 2.49. The molecule has 0 aromatic rings. The molecule has 5 nitrogen and oxygen atoms in total. The standard InChI is InChI=1S/C12H15NO4/c14-8-4-13(5-8)11(15)9-6-1-2-7(3-6)10(9)12(16)17/h1-2,6-10,14H,3-5H2,(H,16,17). The lowest BCUT2D eigenvalue weighted by molar-refractivity contribution is -0.156. The summed E-state index contributed by atoms with van der Waals surface area (Å²) in [5.41, 5.74) is 0. The molecular formula is C12H15NO4. The number of aliphatic hydroxyl groups is 1. The molecule has 0 spiro atoms. The summed E-state index contributed by atoms with van der Waals surface area (Å²) in [7, 11) is 0. The summed E-state index contributed by atoms with van der Waals surface area (Å²) in [6, 6.07) is 0. The second-order valence-electron chi connectivity index (χ2n) is 5.24. The Morgan fingerprint density at radius 1 is 1.12 bits per heavy atom. The zero-order valence-corrected chi connectivity index (χ0v) is 9.32. The van der Waals surface area contributed by atoms with Gasteiger partial charge in [0.1, 0.15) is 0 Å². The molecule has 2 aliphatic carbocycles. The number of hydrogen-bond donors (Lipinski definition) is 2. The molecule has 0 aromatic carbocycles. The van der Waals surface area contributed by atoms with Gasteiger partial charge in [-0.25, -0.2) is 0 Å². The molecule has 1 aliphatic heterocycles. The van der Waals surface area contributed by atoms with Crippen molar-refractivity contribution in [3.63, 3.8) is 0 Å². The van der Waals surface area contributed by atoms with Gasteiger partial charge in [-0.3, -0.25) is 9.59 Å². The van der Waals surface area contributed by atoms with E-state index < -0.39 is 23.9 Å². The minimum absolute atomic E-state index is 0.0117. The Labute approximate surface area is 98.7 Å². The number of nitrogens with zero attached hydrogens (tertiary/aromatic N) is 1. The molecule has 0 aromatic heterocycles.